The number of ether oxygens (including phenoxy) is 4. The van der Waals surface area contributed by atoms with Gasteiger partial charge < -0.3 is 24.3 Å². The van der Waals surface area contributed by atoms with Gasteiger partial charge in [0.25, 0.3) is 0 Å². The minimum absolute atomic E-state index is 0.164. The summed E-state index contributed by atoms with van der Waals surface area (Å²) >= 11 is 0. The van der Waals surface area contributed by atoms with E-state index >= 15 is 0 Å². The maximum Gasteiger partial charge on any atom is 0.220 e. The number of methoxy groups -OCH3 is 4. The SMILES string of the molecule is [2H]C([2H])([2H])N[C@H]1CCc2cc(OC)c(OC)c(OC)c2-c2ccc(OC)c(=O)cc21. The quantitative estimate of drug-likeness (QED) is 0.868. The van der Waals surface area contributed by atoms with Gasteiger partial charge in [-0.05, 0) is 54.7 Å². The first-order valence-electron chi connectivity index (χ1n) is 10.1. The van der Waals surface area contributed by atoms with Crippen molar-refractivity contribution >= 4 is 0 Å². The number of aryl methyl sites for hydroxylation is 1. The molecule has 0 aromatic heterocycles. The number of fused-ring (bicyclic) bond motifs is 3. The molecule has 1 aliphatic carbocycles. The molecule has 0 saturated carbocycles. The molecular weight excluding hydrogens is 346 g/mol. The highest BCUT2D eigenvalue weighted by molar-refractivity contribution is 5.82. The lowest BCUT2D eigenvalue weighted by atomic mass is 9.95. The summed E-state index contributed by atoms with van der Waals surface area (Å²) in [7, 11) is 6.01. The van der Waals surface area contributed by atoms with E-state index in [2.05, 4.69) is 5.32 Å². The molecule has 1 aliphatic rings. The van der Waals surface area contributed by atoms with Gasteiger partial charge in [-0.15, -0.1) is 0 Å². The number of hydrogen-bond acceptors (Lipinski definition) is 6. The average Bonchev–Trinajstić information content (AvgIpc) is 2.94. The number of hydrogen-bond donors (Lipinski definition) is 1. The second-order valence-electron chi connectivity index (χ2n) is 6.19. The molecule has 0 amide bonds. The van der Waals surface area contributed by atoms with Crippen molar-refractivity contribution < 1.29 is 23.1 Å². The molecule has 6 heteroatoms. The maximum atomic E-state index is 12.7. The lowest BCUT2D eigenvalue weighted by molar-refractivity contribution is 0.324. The molecule has 6 nitrogen and oxygen atoms in total. The summed E-state index contributed by atoms with van der Waals surface area (Å²) < 4.78 is 45.0. The van der Waals surface area contributed by atoms with Crippen LogP contribution in [0.15, 0.2) is 29.1 Å². The first kappa shape index (κ1) is 15.3. The monoisotopic (exact) mass is 374 g/mol. The van der Waals surface area contributed by atoms with Gasteiger partial charge in [0, 0.05) is 15.7 Å². The Kier molecular flexibility index (Phi) is 4.48. The third-order valence-corrected chi connectivity index (χ3v) is 4.89. The largest absolute Gasteiger partial charge is 0.493 e. The molecule has 1 atom stereocenters. The summed E-state index contributed by atoms with van der Waals surface area (Å²) in [6.07, 6.45) is 1.01. The maximum absolute atomic E-state index is 12.7. The Labute approximate surface area is 163 Å². The normalized spacial score (nSPS) is 17.3. The molecule has 27 heavy (non-hydrogen) atoms. The molecule has 0 heterocycles. The van der Waals surface area contributed by atoms with Crippen LogP contribution in [0.3, 0.4) is 0 Å². The van der Waals surface area contributed by atoms with Crippen molar-refractivity contribution in [1.82, 2.24) is 5.32 Å². The van der Waals surface area contributed by atoms with Gasteiger partial charge >= 0.3 is 0 Å². The van der Waals surface area contributed by atoms with E-state index in [1.807, 2.05) is 6.07 Å². The lowest BCUT2D eigenvalue weighted by Gasteiger charge is -2.19. The Morgan fingerprint density at radius 2 is 1.74 bits per heavy atom. The van der Waals surface area contributed by atoms with Gasteiger partial charge in [0.1, 0.15) is 0 Å². The number of rotatable bonds is 5. The second kappa shape index (κ2) is 7.88. The predicted octanol–water partition coefficient (Wildman–Crippen LogP) is 2.95. The van der Waals surface area contributed by atoms with Crippen LogP contribution < -0.4 is 29.7 Å². The highest BCUT2D eigenvalue weighted by Crippen LogP contribution is 2.50. The summed E-state index contributed by atoms with van der Waals surface area (Å²) in [5.74, 6) is 1.56. The molecule has 1 N–H and O–H groups in total. The molecule has 0 aliphatic heterocycles. The fourth-order valence-electron chi connectivity index (χ4n) is 3.62. The Morgan fingerprint density at radius 1 is 1.00 bits per heavy atom. The molecule has 0 saturated heterocycles. The lowest BCUT2D eigenvalue weighted by Crippen LogP contribution is -2.17. The molecule has 2 aromatic rings. The van der Waals surface area contributed by atoms with Crippen LogP contribution in [0.5, 0.6) is 23.0 Å². The van der Waals surface area contributed by atoms with E-state index in [0.29, 0.717) is 41.2 Å². The highest BCUT2D eigenvalue weighted by atomic mass is 16.5. The fourth-order valence-corrected chi connectivity index (χ4v) is 3.62. The van der Waals surface area contributed by atoms with Gasteiger partial charge in [-0.25, -0.2) is 0 Å². The Bertz CT molecular complexity index is 1010. The van der Waals surface area contributed by atoms with Crippen LogP contribution in [0.4, 0.5) is 0 Å². The minimum atomic E-state index is -2.38. The molecule has 0 bridgehead atoms. The average molecular weight is 374 g/mol. The van der Waals surface area contributed by atoms with E-state index < -0.39 is 13.0 Å². The molecular formula is C21H25NO5. The van der Waals surface area contributed by atoms with Crippen LogP contribution in [0.2, 0.25) is 0 Å². The van der Waals surface area contributed by atoms with E-state index in [9.17, 15) is 4.79 Å². The predicted molar refractivity (Wildman–Crippen MR) is 104 cm³/mol. The van der Waals surface area contributed by atoms with Crippen molar-refractivity contribution in [3.05, 3.63) is 45.6 Å². The van der Waals surface area contributed by atoms with Crippen LogP contribution in [0.1, 0.15) is 27.7 Å². The molecule has 0 radical (unpaired) electrons. The number of nitrogens with one attached hydrogen (secondary N) is 1. The van der Waals surface area contributed by atoms with Crippen LogP contribution in [-0.4, -0.2) is 35.4 Å². The van der Waals surface area contributed by atoms with Gasteiger partial charge in [-0.2, -0.15) is 0 Å². The van der Waals surface area contributed by atoms with Crippen molar-refractivity contribution in [2.24, 2.45) is 0 Å². The first-order chi connectivity index (χ1) is 14.2. The fraction of sp³-hybridized carbons (Fsp3) is 0.381. The highest BCUT2D eigenvalue weighted by Gasteiger charge is 2.28. The number of benzene rings is 1. The van der Waals surface area contributed by atoms with E-state index in [4.69, 9.17) is 23.1 Å². The Balaban J connectivity index is 2.40. The van der Waals surface area contributed by atoms with E-state index in [1.54, 1.807) is 19.2 Å². The van der Waals surface area contributed by atoms with Crippen molar-refractivity contribution in [1.29, 1.82) is 0 Å². The van der Waals surface area contributed by atoms with Crippen LogP contribution in [0, 0.1) is 0 Å². The zero-order valence-corrected chi connectivity index (χ0v) is 15.8. The van der Waals surface area contributed by atoms with Gasteiger partial charge in [0.15, 0.2) is 17.2 Å². The standard InChI is InChI=1S/C21H25NO5/c1-22-15-8-6-12-10-18(25-3)20(26-4)21(27-5)19(12)13-7-9-17(24-2)16(23)11-14(13)15/h7,9-11,15,22H,6,8H2,1-5H3/t15-/m0/s1/i1D3. The van der Waals surface area contributed by atoms with Crippen molar-refractivity contribution in [2.45, 2.75) is 18.9 Å². The summed E-state index contributed by atoms with van der Waals surface area (Å²) in [5, 5.41) is 2.68. The summed E-state index contributed by atoms with van der Waals surface area (Å²) in [6.45, 7) is -2.38. The second-order valence-corrected chi connectivity index (χ2v) is 6.19. The molecule has 0 unspecified atom stereocenters. The van der Waals surface area contributed by atoms with Gasteiger partial charge in [0.05, 0.1) is 28.4 Å². The molecule has 2 aromatic carbocycles. The Morgan fingerprint density at radius 3 is 2.37 bits per heavy atom. The zero-order chi connectivity index (χ0) is 22.1. The minimum Gasteiger partial charge on any atom is -0.493 e. The zero-order valence-electron chi connectivity index (χ0n) is 18.8. The van der Waals surface area contributed by atoms with E-state index in [0.717, 1.165) is 11.1 Å². The van der Waals surface area contributed by atoms with Crippen LogP contribution in [0.25, 0.3) is 11.1 Å². The summed E-state index contributed by atoms with van der Waals surface area (Å²) in [4.78, 5) is 12.7. The van der Waals surface area contributed by atoms with Gasteiger partial charge in [0.2, 0.25) is 11.2 Å². The molecule has 0 fully saturated rings. The summed E-state index contributed by atoms with van der Waals surface area (Å²) in [6, 6.07) is 6.05. The first-order valence-corrected chi connectivity index (χ1v) is 8.56. The van der Waals surface area contributed by atoms with Crippen LogP contribution >= 0.6 is 0 Å². The summed E-state index contributed by atoms with van der Waals surface area (Å²) in [5.41, 5.74) is 2.53. The van der Waals surface area contributed by atoms with Gasteiger partial charge in [-0.1, -0.05) is 6.07 Å². The molecule has 144 valence electrons. The topological polar surface area (TPSA) is 66.0 Å². The molecule has 0 spiro atoms. The van der Waals surface area contributed by atoms with Crippen LogP contribution in [-0.2, 0) is 6.42 Å². The Hall–Kier alpha value is -2.73. The third-order valence-electron chi connectivity index (χ3n) is 4.89. The smallest absolute Gasteiger partial charge is 0.220 e. The van der Waals surface area contributed by atoms with Crippen molar-refractivity contribution in [2.75, 3.05) is 35.4 Å². The molecule has 3 rings (SSSR count). The van der Waals surface area contributed by atoms with E-state index in [1.165, 1.54) is 27.4 Å². The van der Waals surface area contributed by atoms with Crippen molar-refractivity contribution in [3.8, 4) is 34.1 Å². The van der Waals surface area contributed by atoms with E-state index in [-0.39, 0.29) is 11.2 Å². The third kappa shape index (κ3) is 3.21. The van der Waals surface area contributed by atoms with Gasteiger partial charge in [-0.3, -0.25) is 4.79 Å². The van der Waals surface area contributed by atoms with Crippen molar-refractivity contribution in [3.63, 3.8) is 0 Å².